The summed E-state index contributed by atoms with van der Waals surface area (Å²) in [4.78, 5) is 34.8. The molecule has 0 fully saturated rings. The van der Waals surface area contributed by atoms with Crippen LogP contribution in [-0.2, 0) is 20.7 Å². The second-order valence-electron chi connectivity index (χ2n) is 5.76. The van der Waals surface area contributed by atoms with Gasteiger partial charge in [-0.05, 0) is 37.5 Å². The molecule has 1 atom stereocenters. The van der Waals surface area contributed by atoms with Crippen molar-refractivity contribution in [1.29, 1.82) is 0 Å². The monoisotopic (exact) mass is 378 g/mol. The summed E-state index contributed by atoms with van der Waals surface area (Å²) in [5, 5.41) is 4.64. The van der Waals surface area contributed by atoms with Crippen molar-refractivity contribution in [2.45, 2.75) is 32.7 Å². The van der Waals surface area contributed by atoms with Crippen LogP contribution >= 0.6 is 0 Å². The molecule has 1 aromatic carbocycles. The van der Waals surface area contributed by atoms with Gasteiger partial charge in [-0.3, -0.25) is 10.1 Å². The maximum absolute atomic E-state index is 11.7. The topological polar surface area (TPSA) is 103 Å². The standard InChI is InChI=1S/C19H26N2O6/c1-5-7-14-8-9-15(16(10-14)25-4)26-12-18(23)27-11-17(22)21-19(24)20-13(3)6-2/h5,8-10,13H,1,6-7,11-12H2,2-4H3,(H2,20,21,22,24)/t13-/m0/s1. The van der Waals surface area contributed by atoms with Crippen LogP contribution in [0.3, 0.4) is 0 Å². The number of benzene rings is 1. The van der Waals surface area contributed by atoms with Crippen LogP contribution in [0.4, 0.5) is 4.79 Å². The van der Waals surface area contributed by atoms with Crippen LogP contribution in [0, 0.1) is 0 Å². The molecule has 27 heavy (non-hydrogen) atoms. The Morgan fingerprint density at radius 1 is 1.22 bits per heavy atom. The molecule has 0 unspecified atom stereocenters. The molecule has 0 saturated heterocycles. The second kappa shape index (κ2) is 11.6. The van der Waals surface area contributed by atoms with Crippen molar-refractivity contribution in [2.24, 2.45) is 0 Å². The Hall–Kier alpha value is -3.03. The lowest BCUT2D eigenvalue weighted by molar-refractivity contribution is -0.150. The van der Waals surface area contributed by atoms with E-state index in [4.69, 9.17) is 14.2 Å². The van der Waals surface area contributed by atoms with Gasteiger partial charge in [-0.25, -0.2) is 9.59 Å². The van der Waals surface area contributed by atoms with Crippen LogP contribution in [-0.4, -0.2) is 44.3 Å². The minimum absolute atomic E-state index is 0.0680. The van der Waals surface area contributed by atoms with E-state index in [2.05, 4.69) is 17.2 Å². The van der Waals surface area contributed by atoms with Crippen LogP contribution in [0.5, 0.6) is 11.5 Å². The van der Waals surface area contributed by atoms with Gasteiger partial charge in [0.25, 0.3) is 5.91 Å². The SMILES string of the molecule is C=CCc1ccc(OCC(=O)OCC(=O)NC(=O)N[C@@H](C)CC)c(OC)c1. The van der Waals surface area contributed by atoms with Gasteiger partial charge in [0.05, 0.1) is 7.11 Å². The summed E-state index contributed by atoms with van der Waals surface area (Å²) in [5.41, 5.74) is 0.990. The average molecular weight is 378 g/mol. The minimum atomic E-state index is -0.746. The molecule has 148 valence electrons. The third kappa shape index (κ3) is 8.26. The third-order valence-electron chi connectivity index (χ3n) is 3.56. The summed E-state index contributed by atoms with van der Waals surface area (Å²) in [6.07, 6.45) is 3.17. The molecule has 0 aromatic heterocycles. The smallest absolute Gasteiger partial charge is 0.344 e. The largest absolute Gasteiger partial charge is 0.493 e. The van der Waals surface area contributed by atoms with E-state index in [0.29, 0.717) is 17.9 Å². The second-order valence-corrected chi connectivity index (χ2v) is 5.76. The Balaban J connectivity index is 2.42. The van der Waals surface area contributed by atoms with Gasteiger partial charge in [0.2, 0.25) is 0 Å². The molecule has 1 aromatic rings. The Morgan fingerprint density at radius 2 is 1.96 bits per heavy atom. The minimum Gasteiger partial charge on any atom is -0.493 e. The lowest BCUT2D eigenvalue weighted by Crippen LogP contribution is -2.44. The first-order chi connectivity index (χ1) is 12.9. The van der Waals surface area contributed by atoms with E-state index in [9.17, 15) is 14.4 Å². The van der Waals surface area contributed by atoms with E-state index < -0.39 is 31.1 Å². The first-order valence-electron chi connectivity index (χ1n) is 8.56. The number of esters is 1. The molecule has 0 heterocycles. The summed E-state index contributed by atoms with van der Waals surface area (Å²) in [6, 6.07) is 4.59. The molecule has 0 saturated carbocycles. The van der Waals surface area contributed by atoms with Crippen molar-refractivity contribution >= 4 is 17.9 Å². The number of imide groups is 1. The highest BCUT2D eigenvalue weighted by Crippen LogP contribution is 2.28. The molecule has 3 amide bonds. The predicted octanol–water partition coefficient (Wildman–Crippen LogP) is 1.97. The molecule has 0 aliphatic heterocycles. The van der Waals surface area contributed by atoms with E-state index in [1.807, 2.05) is 13.0 Å². The van der Waals surface area contributed by atoms with E-state index in [1.165, 1.54) is 7.11 Å². The van der Waals surface area contributed by atoms with Gasteiger partial charge in [-0.1, -0.05) is 19.1 Å². The molecule has 0 spiro atoms. The number of amides is 3. The van der Waals surface area contributed by atoms with Gasteiger partial charge >= 0.3 is 12.0 Å². The lowest BCUT2D eigenvalue weighted by Gasteiger charge is -2.12. The third-order valence-corrected chi connectivity index (χ3v) is 3.56. The zero-order chi connectivity index (χ0) is 20.2. The van der Waals surface area contributed by atoms with Crippen LogP contribution in [0.25, 0.3) is 0 Å². The number of allylic oxidation sites excluding steroid dienone is 1. The van der Waals surface area contributed by atoms with Gasteiger partial charge < -0.3 is 19.5 Å². The number of ether oxygens (including phenoxy) is 3. The number of hydrogen-bond acceptors (Lipinski definition) is 6. The molecule has 1 rings (SSSR count). The predicted molar refractivity (Wildman–Crippen MR) is 99.8 cm³/mol. The fourth-order valence-corrected chi connectivity index (χ4v) is 1.97. The quantitative estimate of drug-likeness (QED) is 0.477. The number of nitrogens with one attached hydrogen (secondary N) is 2. The number of carbonyl (C=O) groups excluding carboxylic acids is 3. The molecule has 0 aliphatic rings. The van der Waals surface area contributed by atoms with Crippen molar-refractivity contribution in [3.8, 4) is 11.5 Å². The van der Waals surface area contributed by atoms with E-state index in [0.717, 1.165) is 12.0 Å². The molecule has 8 nitrogen and oxygen atoms in total. The van der Waals surface area contributed by atoms with Crippen LogP contribution in [0.15, 0.2) is 30.9 Å². The van der Waals surface area contributed by atoms with Crippen LogP contribution < -0.4 is 20.1 Å². The molecule has 8 heteroatoms. The fourth-order valence-electron chi connectivity index (χ4n) is 1.97. The average Bonchev–Trinajstić information content (AvgIpc) is 2.65. The summed E-state index contributed by atoms with van der Waals surface area (Å²) in [7, 11) is 1.49. The van der Waals surface area contributed by atoms with E-state index in [-0.39, 0.29) is 6.04 Å². The van der Waals surface area contributed by atoms with Gasteiger partial charge in [-0.2, -0.15) is 0 Å². The Labute approximate surface area is 158 Å². The van der Waals surface area contributed by atoms with Crippen molar-refractivity contribution in [3.05, 3.63) is 36.4 Å². The summed E-state index contributed by atoms with van der Waals surface area (Å²) in [6.45, 7) is 6.40. The maximum Gasteiger partial charge on any atom is 0.344 e. The Bertz CT molecular complexity index is 674. The van der Waals surface area contributed by atoms with Crippen molar-refractivity contribution < 1.29 is 28.6 Å². The van der Waals surface area contributed by atoms with Gasteiger partial charge in [-0.15, -0.1) is 6.58 Å². The normalized spacial score (nSPS) is 11.1. The number of rotatable bonds is 10. The summed E-state index contributed by atoms with van der Waals surface area (Å²) >= 11 is 0. The maximum atomic E-state index is 11.7. The van der Waals surface area contributed by atoms with E-state index >= 15 is 0 Å². The molecule has 0 aliphatic carbocycles. The molecular weight excluding hydrogens is 352 g/mol. The lowest BCUT2D eigenvalue weighted by atomic mass is 10.1. The van der Waals surface area contributed by atoms with E-state index in [1.54, 1.807) is 25.1 Å². The van der Waals surface area contributed by atoms with Crippen molar-refractivity contribution in [1.82, 2.24) is 10.6 Å². The molecular formula is C19H26N2O6. The molecule has 0 bridgehead atoms. The Kier molecular flexibility index (Phi) is 9.42. The highest BCUT2D eigenvalue weighted by molar-refractivity contribution is 5.95. The highest BCUT2D eigenvalue weighted by atomic mass is 16.6. The van der Waals surface area contributed by atoms with Crippen molar-refractivity contribution in [2.75, 3.05) is 20.3 Å². The van der Waals surface area contributed by atoms with Crippen molar-refractivity contribution in [3.63, 3.8) is 0 Å². The first-order valence-corrected chi connectivity index (χ1v) is 8.56. The zero-order valence-electron chi connectivity index (χ0n) is 15.9. The van der Waals surface area contributed by atoms with Crippen LogP contribution in [0.1, 0.15) is 25.8 Å². The highest BCUT2D eigenvalue weighted by Gasteiger charge is 2.13. The number of carbonyl (C=O) groups is 3. The van der Waals surface area contributed by atoms with Crippen LogP contribution in [0.2, 0.25) is 0 Å². The van der Waals surface area contributed by atoms with Gasteiger partial charge in [0, 0.05) is 6.04 Å². The number of hydrogen-bond donors (Lipinski definition) is 2. The van der Waals surface area contributed by atoms with Gasteiger partial charge in [0.15, 0.2) is 24.7 Å². The summed E-state index contributed by atoms with van der Waals surface area (Å²) in [5.74, 6) is -0.624. The zero-order valence-corrected chi connectivity index (χ0v) is 15.9. The molecule has 2 N–H and O–H groups in total. The van der Waals surface area contributed by atoms with Gasteiger partial charge in [0.1, 0.15) is 0 Å². The number of urea groups is 1. The fraction of sp³-hybridized carbons (Fsp3) is 0.421. The first kappa shape index (κ1) is 22.0. The number of methoxy groups -OCH3 is 1. The molecule has 0 radical (unpaired) electrons. The Morgan fingerprint density at radius 3 is 2.59 bits per heavy atom. The summed E-state index contributed by atoms with van der Waals surface area (Å²) < 4.78 is 15.4.